The number of fused-ring (bicyclic) bond motifs is 1. The molecule has 4 aromatic heterocycles. The number of nitrogen functional groups attached to an aromatic ring is 1. The standard InChI is InChI=1S/C23H24N6OS/c1-3-16-7-6-14(2)29(16)23(30)15-11-19(26-21(24)12-15)17-13-25-28-9-8-18(27-22(17)28)20-5-4-10-31-20/h4-5,8-14,16H,3,6-7H2,1-2H3,(H2,24,26). The Labute approximate surface area is 184 Å². The molecule has 1 aliphatic heterocycles. The fourth-order valence-corrected chi connectivity index (χ4v) is 5.11. The Balaban J connectivity index is 1.57. The van der Waals surface area contributed by atoms with E-state index >= 15 is 0 Å². The van der Waals surface area contributed by atoms with Gasteiger partial charge in [0.1, 0.15) is 5.82 Å². The predicted molar refractivity (Wildman–Crippen MR) is 123 cm³/mol. The van der Waals surface area contributed by atoms with Crippen LogP contribution in [0.2, 0.25) is 0 Å². The average molecular weight is 433 g/mol. The molecule has 2 N–H and O–H groups in total. The van der Waals surface area contributed by atoms with Crippen LogP contribution in [-0.4, -0.2) is 42.5 Å². The molecular weight excluding hydrogens is 408 g/mol. The van der Waals surface area contributed by atoms with Gasteiger partial charge in [0, 0.05) is 23.8 Å². The average Bonchev–Trinajstić information content (AvgIpc) is 3.51. The number of aromatic nitrogens is 4. The fourth-order valence-electron chi connectivity index (χ4n) is 4.41. The molecule has 5 heterocycles. The molecule has 1 saturated heterocycles. The smallest absolute Gasteiger partial charge is 0.254 e. The molecule has 5 rings (SSSR count). The lowest BCUT2D eigenvalue weighted by Crippen LogP contribution is -2.39. The zero-order chi connectivity index (χ0) is 21.5. The molecule has 0 bridgehead atoms. The summed E-state index contributed by atoms with van der Waals surface area (Å²) >= 11 is 1.64. The Morgan fingerprint density at radius 2 is 2.10 bits per heavy atom. The quantitative estimate of drug-likeness (QED) is 0.513. The molecule has 0 saturated carbocycles. The summed E-state index contributed by atoms with van der Waals surface area (Å²) in [4.78, 5) is 25.8. The number of hydrogen-bond donors (Lipinski definition) is 1. The molecule has 0 aromatic carbocycles. The molecule has 2 atom stereocenters. The van der Waals surface area contributed by atoms with E-state index in [0.29, 0.717) is 22.7 Å². The molecule has 1 fully saturated rings. The van der Waals surface area contributed by atoms with E-state index in [1.165, 1.54) is 0 Å². The van der Waals surface area contributed by atoms with Crippen molar-refractivity contribution in [2.24, 2.45) is 0 Å². The van der Waals surface area contributed by atoms with E-state index in [9.17, 15) is 4.79 Å². The molecule has 0 spiro atoms. The van der Waals surface area contributed by atoms with Gasteiger partial charge in [-0.3, -0.25) is 4.79 Å². The van der Waals surface area contributed by atoms with Crippen LogP contribution in [-0.2, 0) is 0 Å². The van der Waals surface area contributed by atoms with Crippen molar-refractivity contribution in [2.45, 2.75) is 45.2 Å². The van der Waals surface area contributed by atoms with E-state index in [4.69, 9.17) is 10.7 Å². The van der Waals surface area contributed by atoms with Gasteiger partial charge in [-0.25, -0.2) is 14.5 Å². The second-order valence-electron chi connectivity index (χ2n) is 7.98. The van der Waals surface area contributed by atoms with E-state index in [2.05, 4.69) is 23.9 Å². The largest absolute Gasteiger partial charge is 0.384 e. The highest BCUT2D eigenvalue weighted by molar-refractivity contribution is 7.13. The highest BCUT2D eigenvalue weighted by Gasteiger charge is 2.34. The second-order valence-corrected chi connectivity index (χ2v) is 8.93. The minimum absolute atomic E-state index is 0.0101. The normalized spacial score (nSPS) is 18.7. The first-order chi connectivity index (χ1) is 15.0. The molecule has 7 nitrogen and oxygen atoms in total. The molecule has 4 aromatic rings. The second kappa shape index (κ2) is 7.77. The van der Waals surface area contributed by atoms with Crippen LogP contribution >= 0.6 is 11.3 Å². The fraction of sp³-hybridized carbons (Fsp3) is 0.304. The zero-order valence-electron chi connectivity index (χ0n) is 17.5. The van der Waals surface area contributed by atoms with Crippen LogP contribution in [0.4, 0.5) is 5.82 Å². The summed E-state index contributed by atoms with van der Waals surface area (Å²) in [7, 11) is 0. The molecule has 0 aliphatic carbocycles. The number of carbonyl (C=O) groups is 1. The molecule has 158 valence electrons. The van der Waals surface area contributed by atoms with E-state index in [-0.39, 0.29) is 18.0 Å². The zero-order valence-corrected chi connectivity index (χ0v) is 18.3. The van der Waals surface area contributed by atoms with Crippen LogP contribution in [0.25, 0.3) is 27.5 Å². The van der Waals surface area contributed by atoms with Crippen LogP contribution in [0.15, 0.2) is 48.1 Å². The van der Waals surface area contributed by atoms with Gasteiger partial charge in [0.2, 0.25) is 0 Å². The minimum atomic E-state index is 0.0101. The van der Waals surface area contributed by atoms with Crippen molar-refractivity contribution in [3.63, 3.8) is 0 Å². The van der Waals surface area contributed by atoms with Crippen LogP contribution in [0.3, 0.4) is 0 Å². The van der Waals surface area contributed by atoms with Crippen molar-refractivity contribution < 1.29 is 4.79 Å². The number of amides is 1. The van der Waals surface area contributed by atoms with Crippen molar-refractivity contribution >= 4 is 28.7 Å². The summed E-state index contributed by atoms with van der Waals surface area (Å²) in [5.41, 5.74) is 9.60. The molecule has 2 unspecified atom stereocenters. The van der Waals surface area contributed by atoms with E-state index in [1.54, 1.807) is 28.1 Å². The Hall–Kier alpha value is -3.26. The van der Waals surface area contributed by atoms with Gasteiger partial charge in [-0.15, -0.1) is 11.3 Å². The number of nitrogens with two attached hydrogens (primary N) is 1. The van der Waals surface area contributed by atoms with Gasteiger partial charge in [0.25, 0.3) is 5.91 Å². The molecule has 0 radical (unpaired) electrons. The third-order valence-electron chi connectivity index (χ3n) is 6.00. The number of hydrogen-bond acceptors (Lipinski definition) is 6. The van der Waals surface area contributed by atoms with Crippen molar-refractivity contribution in [2.75, 3.05) is 5.73 Å². The van der Waals surface area contributed by atoms with Gasteiger partial charge in [-0.05, 0) is 55.8 Å². The Morgan fingerprint density at radius 3 is 2.87 bits per heavy atom. The van der Waals surface area contributed by atoms with Crippen molar-refractivity contribution in [3.8, 4) is 21.8 Å². The van der Waals surface area contributed by atoms with Crippen LogP contribution in [0.1, 0.15) is 43.5 Å². The van der Waals surface area contributed by atoms with E-state index < -0.39 is 0 Å². The minimum Gasteiger partial charge on any atom is -0.384 e. The predicted octanol–water partition coefficient (Wildman–Crippen LogP) is 4.51. The van der Waals surface area contributed by atoms with Crippen molar-refractivity contribution in [1.29, 1.82) is 0 Å². The van der Waals surface area contributed by atoms with Crippen molar-refractivity contribution in [1.82, 2.24) is 24.5 Å². The Morgan fingerprint density at radius 1 is 1.23 bits per heavy atom. The lowest BCUT2D eigenvalue weighted by atomic mass is 10.1. The summed E-state index contributed by atoms with van der Waals surface area (Å²) in [6.45, 7) is 4.24. The summed E-state index contributed by atoms with van der Waals surface area (Å²) in [5.74, 6) is 0.324. The number of thiophene rings is 1. The maximum absolute atomic E-state index is 13.4. The van der Waals surface area contributed by atoms with Crippen LogP contribution in [0, 0.1) is 0 Å². The third kappa shape index (κ3) is 3.46. The van der Waals surface area contributed by atoms with Gasteiger partial charge in [0.05, 0.1) is 28.0 Å². The highest BCUT2D eigenvalue weighted by Crippen LogP contribution is 2.31. The summed E-state index contributed by atoms with van der Waals surface area (Å²) in [6.07, 6.45) is 6.63. The lowest BCUT2D eigenvalue weighted by Gasteiger charge is -2.28. The SMILES string of the molecule is CCC1CCC(C)N1C(=O)c1cc(N)nc(-c2cnn3ccc(-c4cccs4)nc23)c1. The van der Waals surface area contributed by atoms with Gasteiger partial charge in [-0.1, -0.05) is 13.0 Å². The van der Waals surface area contributed by atoms with Gasteiger partial charge in [0.15, 0.2) is 5.65 Å². The third-order valence-corrected chi connectivity index (χ3v) is 6.89. The Kier molecular flexibility index (Phi) is 4.94. The summed E-state index contributed by atoms with van der Waals surface area (Å²) in [5, 5.41) is 6.44. The Bertz CT molecular complexity index is 1250. The number of pyridine rings is 1. The lowest BCUT2D eigenvalue weighted by molar-refractivity contribution is 0.0676. The first-order valence-electron chi connectivity index (χ1n) is 10.5. The molecule has 1 amide bonds. The number of carbonyl (C=O) groups excluding carboxylic acids is 1. The molecule has 31 heavy (non-hydrogen) atoms. The maximum atomic E-state index is 13.4. The van der Waals surface area contributed by atoms with Gasteiger partial charge >= 0.3 is 0 Å². The first kappa shape index (κ1) is 19.7. The topological polar surface area (TPSA) is 89.4 Å². The van der Waals surface area contributed by atoms with Crippen LogP contribution in [0.5, 0.6) is 0 Å². The van der Waals surface area contributed by atoms with Gasteiger partial charge in [-0.2, -0.15) is 5.10 Å². The monoisotopic (exact) mass is 432 g/mol. The number of nitrogens with zero attached hydrogens (tertiary/aromatic N) is 5. The molecular formula is C23H24N6OS. The van der Waals surface area contributed by atoms with Crippen LogP contribution < -0.4 is 5.73 Å². The van der Waals surface area contributed by atoms with E-state index in [0.717, 1.165) is 35.4 Å². The first-order valence-corrected chi connectivity index (χ1v) is 11.4. The summed E-state index contributed by atoms with van der Waals surface area (Å²) in [6, 6.07) is 9.96. The maximum Gasteiger partial charge on any atom is 0.254 e. The summed E-state index contributed by atoms with van der Waals surface area (Å²) < 4.78 is 1.72. The number of likely N-dealkylation sites (tertiary alicyclic amines) is 1. The molecule has 8 heteroatoms. The highest BCUT2D eigenvalue weighted by atomic mass is 32.1. The van der Waals surface area contributed by atoms with Crippen molar-refractivity contribution in [3.05, 3.63) is 53.7 Å². The van der Waals surface area contributed by atoms with Gasteiger partial charge < -0.3 is 10.6 Å². The van der Waals surface area contributed by atoms with E-state index in [1.807, 2.05) is 40.7 Å². The molecule has 1 aliphatic rings. The number of anilines is 1. The number of rotatable bonds is 4.